The molecule has 1 aromatic carbocycles. The lowest BCUT2D eigenvalue weighted by Gasteiger charge is -2.06. The van der Waals surface area contributed by atoms with Crippen molar-refractivity contribution >= 4 is 17.4 Å². The number of hydrogen-bond donors (Lipinski definition) is 0. The van der Waals surface area contributed by atoms with Crippen LogP contribution in [0.4, 0.5) is 0 Å². The quantitative estimate of drug-likeness (QED) is 0.617. The normalized spacial score (nSPS) is 16.1. The number of amides is 2. The summed E-state index contributed by atoms with van der Waals surface area (Å²) in [6.07, 6.45) is 1.37. The van der Waals surface area contributed by atoms with E-state index in [1.807, 2.05) is 30.3 Å². The van der Waals surface area contributed by atoms with Gasteiger partial charge in [-0.2, -0.15) is 0 Å². The van der Waals surface area contributed by atoms with Crippen LogP contribution in [0, 0.1) is 0 Å². The fraction of sp³-hybridized carbons (Fsp3) is 0.0909. The van der Waals surface area contributed by atoms with Crippen molar-refractivity contribution in [3.63, 3.8) is 0 Å². The SMILES string of the molecule is CN1C(=O)C=C(c2ccccc2)C1=O. The van der Waals surface area contributed by atoms with Crippen LogP contribution >= 0.6 is 0 Å². The van der Waals surface area contributed by atoms with Crippen molar-refractivity contribution < 1.29 is 9.59 Å². The topological polar surface area (TPSA) is 37.4 Å². The lowest BCUT2D eigenvalue weighted by Crippen LogP contribution is -2.25. The summed E-state index contributed by atoms with van der Waals surface area (Å²) in [4.78, 5) is 23.9. The lowest BCUT2D eigenvalue weighted by molar-refractivity contribution is -0.134. The third-order valence-electron chi connectivity index (χ3n) is 2.22. The van der Waals surface area contributed by atoms with Gasteiger partial charge in [0.05, 0.1) is 5.57 Å². The zero-order valence-corrected chi connectivity index (χ0v) is 7.73. The molecule has 3 nitrogen and oxygen atoms in total. The van der Waals surface area contributed by atoms with Gasteiger partial charge in [0.25, 0.3) is 11.8 Å². The van der Waals surface area contributed by atoms with Gasteiger partial charge >= 0.3 is 0 Å². The van der Waals surface area contributed by atoms with Gasteiger partial charge in [-0.15, -0.1) is 0 Å². The van der Waals surface area contributed by atoms with Crippen LogP contribution in [0.2, 0.25) is 0 Å². The smallest absolute Gasteiger partial charge is 0.261 e. The van der Waals surface area contributed by atoms with E-state index in [0.29, 0.717) is 5.57 Å². The molecule has 3 heteroatoms. The Hall–Kier alpha value is -1.90. The third kappa shape index (κ3) is 1.23. The van der Waals surface area contributed by atoms with Crippen LogP contribution in [0.3, 0.4) is 0 Å². The minimum absolute atomic E-state index is 0.235. The first kappa shape index (κ1) is 8.69. The van der Waals surface area contributed by atoms with Gasteiger partial charge in [0.1, 0.15) is 0 Å². The predicted molar refractivity (Wildman–Crippen MR) is 52.2 cm³/mol. The first-order valence-electron chi connectivity index (χ1n) is 4.29. The number of carbonyl (C=O) groups excluding carboxylic acids is 2. The average molecular weight is 187 g/mol. The summed E-state index contributed by atoms with van der Waals surface area (Å²) in [5, 5.41) is 0. The largest absolute Gasteiger partial charge is 0.278 e. The van der Waals surface area contributed by atoms with Crippen molar-refractivity contribution in [2.75, 3.05) is 7.05 Å². The summed E-state index contributed by atoms with van der Waals surface area (Å²) >= 11 is 0. The van der Waals surface area contributed by atoms with Crippen molar-refractivity contribution in [1.82, 2.24) is 4.90 Å². The van der Waals surface area contributed by atoms with Crippen molar-refractivity contribution in [3.8, 4) is 0 Å². The van der Waals surface area contributed by atoms with Gasteiger partial charge in [0, 0.05) is 13.1 Å². The molecule has 0 bridgehead atoms. The van der Waals surface area contributed by atoms with E-state index in [2.05, 4.69) is 0 Å². The number of likely N-dealkylation sites (N-methyl/N-ethyl adjacent to an activating group) is 1. The molecule has 1 aliphatic heterocycles. The maximum atomic E-state index is 11.6. The Morgan fingerprint density at radius 3 is 2.21 bits per heavy atom. The number of imide groups is 1. The van der Waals surface area contributed by atoms with E-state index in [4.69, 9.17) is 0 Å². The molecule has 0 saturated carbocycles. The zero-order chi connectivity index (χ0) is 10.1. The second-order valence-electron chi connectivity index (χ2n) is 3.13. The molecule has 2 amide bonds. The van der Waals surface area contributed by atoms with Crippen molar-refractivity contribution in [2.45, 2.75) is 0 Å². The Labute approximate surface area is 81.6 Å². The molecule has 1 aliphatic rings. The van der Waals surface area contributed by atoms with Gasteiger partial charge in [-0.3, -0.25) is 14.5 Å². The Balaban J connectivity index is 2.43. The molecule has 0 N–H and O–H groups in total. The van der Waals surface area contributed by atoms with Crippen molar-refractivity contribution in [3.05, 3.63) is 42.0 Å². The summed E-state index contributed by atoms with van der Waals surface area (Å²) in [6, 6.07) is 9.18. The lowest BCUT2D eigenvalue weighted by atomic mass is 10.1. The van der Waals surface area contributed by atoms with Gasteiger partial charge in [-0.05, 0) is 5.56 Å². The molecule has 1 aromatic rings. The molecule has 2 rings (SSSR count). The maximum absolute atomic E-state index is 11.6. The van der Waals surface area contributed by atoms with E-state index < -0.39 is 0 Å². The molecule has 0 radical (unpaired) electrons. The standard InChI is InChI=1S/C11H9NO2/c1-12-10(13)7-9(11(12)14)8-5-3-2-4-6-8/h2-7H,1H3. The van der Waals surface area contributed by atoms with Gasteiger partial charge in [-0.25, -0.2) is 0 Å². The van der Waals surface area contributed by atoms with E-state index in [0.717, 1.165) is 10.5 Å². The minimum atomic E-state index is -0.256. The van der Waals surface area contributed by atoms with Crippen LogP contribution in [-0.4, -0.2) is 23.8 Å². The van der Waals surface area contributed by atoms with Crippen LogP contribution < -0.4 is 0 Å². The van der Waals surface area contributed by atoms with Crippen LogP contribution in [-0.2, 0) is 9.59 Å². The van der Waals surface area contributed by atoms with Crippen LogP contribution in [0.15, 0.2) is 36.4 Å². The van der Waals surface area contributed by atoms with Crippen LogP contribution in [0.25, 0.3) is 5.57 Å². The van der Waals surface area contributed by atoms with Gasteiger partial charge < -0.3 is 0 Å². The molecular weight excluding hydrogens is 178 g/mol. The maximum Gasteiger partial charge on any atom is 0.261 e. The second kappa shape index (κ2) is 3.10. The Bertz CT molecular complexity index is 420. The number of nitrogens with zero attached hydrogens (tertiary/aromatic N) is 1. The molecule has 0 aromatic heterocycles. The fourth-order valence-electron chi connectivity index (χ4n) is 1.39. The van der Waals surface area contributed by atoms with Gasteiger partial charge in [0.15, 0.2) is 0 Å². The first-order chi connectivity index (χ1) is 6.70. The van der Waals surface area contributed by atoms with Crippen LogP contribution in [0.1, 0.15) is 5.56 Å². The zero-order valence-electron chi connectivity index (χ0n) is 7.73. The summed E-state index contributed by atoms with van der Waals surface area (Å²) in [7, 11) is 1.48. The van der Waals surface area contributed by atoms with E-state index in [9.17, 15) is 9.59 Å². The summed E-state index contributed by atoms with van der Waals surface area (Å²) in [5.74, 6) is -0.491. The van der Waals surface area contributed by atoms with E-state index in [1.54, 1.807) is 0 Å². The summed E-state index contributed by atoms with van der Waals surface area (Å²) in [6.45, 7) is 0. The first-order valence-corrected chi connectivity index (χ1v) is 4.29. The highest BCUT2D eigenvalue weighted by Crippen LogP contribution is 2.21. The number of rotatable bonds is 1. The molecule has 14 heavy (non-hydrogen) atoms. The molecule has 1 heterocycles. The Morgan fingerprint density at radius 1 is 1.07 bits per heavy atom. The summed E-state index contributed by atoms with van der Waals surface area (Å²) < 4.78 is 0. The van der Waals surface area contributed by atoms with E-state index >= 15 is 0 Å². The predicted octanol–water partition coefficient (Wildman–Crippen LogP) is 1.07. The molecule has 70 valence electrons. The molecule has 0 saturated heterocycles. The molecule has 0 atom stereocenters. The second-order valence-corrected chi connectivity index (χ2v) is 3.13. The number of hydrogen-bond acceptors (Lipinski definition) is 2. The molecule has 0 fully saturated rings. The van der Waals surface area contributed by atoms with Crippen molar-refractivity contribution in [2.24, 2.45) is 0 Å². The number of carbonyl (C=O) groups is 2. The molecular formula is C11H9NO2. The summed E-state index contributed by atoms with van der Waals surface area (Å²) in [5.41, 5.74) is 1.26. The van der Waals surface area contributed by atoms with Gasteiger partial charge in [-0.1, -0.05) is 30.3 Å². The monoisotopic (exact) mass is 187 g/mol. The Morgan fingerprint density at radius 2 is 1.71 bits per heavy atom. The molecule has 0 spiro atoms. The highest BCUT2D eigenvalue weighted by molar-refractivity contribution is 6.33. The average Bonchev–Trinajstić information content (AvgIpc) is 2.47. The van der Waals surface area contributed by atoms with Crippen molar-refractivity contribution in [1.29, 1.82) is 0 Å². The van der Waals surface area contributed by atoms with Crippen LogP contribution in [0.5, 0.6) is 0 Å². The van der Waals surface area contributed by atoms with E-state index in [1.165, 1.54) is 13.1 Å². The van der Waals surface area contributed by atoms with E-state index in [-0.39, 0.29) is 11.8 Å². The minimum Gasteiger partial charge on any atom is -0.278 e. The molecule has 0 aliphatic carbocycles. The van der Waals surface area contributed by atoms with Gasteiger partial charge in [0.2, 0.25) is 0 Å². The fourth-order valence-corrected chi connectivity index (χ4v) is 1.39. The molecule has 0 unspecified atom stereocenters. The highest BCUT2D eigenvalue weighted by Gasteiger charge is 2.27. The highest BCUT2D eigenvalue weighted by atomic mass is 16.2. The number of benzene rings is 1. The third-order valence-corrected chi connectivity index (χ3v) is 2.22. The Kier molecular flexibility index (Phi) is 1.93.